The molecule has 1 aliphatic heterocycles. The number of fused-ring (bicyclic) bond motifs is 1. The highest BCUT2D eigenvalue weighted by Gasteiger charge is 2.27. The van der Waals surface area contributed by atoms with Crippen LogP contribution in [0.4, 0.5) is 0 Å². The topological polar surface area (TPSA) is 70.1 Å². The molecule has 0 N–H and O–H groups in total. The summed E-state index contributed by atoms with van der Waals surface area (Å²) in [6.45, 7) is 3.60. The minimum absolute atomic E-state index is 0.0118. The van der Waals surface area contributed by atoms with Crippen LogP contribution in [0, 0.1) is 6.92 Å². The Balaban J connectivity index is 1.67. The average molecular weight is 533 g/mol. The largest absolute Gasteiger partial charge is 0.496 e. The molecular formula is C30H32N2O5S. The Labute approximate surface area is 226 Å². The first-order valence-corrected chi connectivity index (χ1v) is 13.5. The Kier molecular flexibility index (Phi) is 7.81. The molecule has 2 aromatic heterocycles. The van der Waals surface area contributed by atoms with E-state index in [-0.39, 0.29) is 12.0 Å². The van der Waals surface area contributed by atoms with E-state index >= 15 is 0 Å². The number of ether oxygens (including phenoxy) is 4. The highest BCUT2D eigenvalue weighted by Crippen LogP contribution is 2.39. The maximum atomic E-state index is 13.8. The van der Waals surface area contributed by atoms with Gasteiger partial charge >= 0.3 is 0 Å². The summed E-state index contributed by atoms with van der Waals surface area (Å²) in [6, 6.07) is 17.5. The maximum absolute atomic E-state index is 13.8. The summed E-state index contributed by atoms with van der Waals surface area (Å²) in [5.74, 6) is 2.02. The van der Waals surface area contributed by atoms with E-state index in [4.69, 9.17) is 23.9 Å². The van der Waals surface area contributed by atoms with Crippen molar-refractivity contribution in [2.45, 2.75) is 32.4 Å². The minimum Gasteiger partial charge on any atom is -0.496 e. The van der Waals surface area contributed by atoms with Crippen LogP contribution in [0.5, 0.6) is 17.2 Å². The molecule has 1 saturated heterocycles. The number of aromatic nitrogens is 1. The van der Waals surface area contributed by atoms with Crippen molar-refractivity contribution >= 4 is 28.1 Å². The predicted molar refractivity (Wildman–Crippen MR) is 150 cm³/mol. The predicted octanol–water partition coefficient (Wildman–Crippen LogP) is 6.12. The molecule has 1 amide bonds. The second kappa shape index (κ2) is 11.4. The number of aryl methyl sites for hydroxylation is 1. The molecule has 0 aliphatic carbocycles. The fraction of sp³-hybridized carbons (Fsp3) is 0.333. The SMILES string of the molecule is COc1ccccc1-c1nc2c(OC)ccc(OC)c2cc1CN(C[C@@H]1CCCO1)C(=O)c1ccc(C)s1. The van der Waals surface area contributed by atoms with E-state index in [1.165, 1.54) is 11.3 Å². The molecule has 1 atom stereocenters. The first-order chi connectivity index (χ1) is 18.5. The van der Waals surface area contributed by atoms with E-state index in [1.54, 1.807) is 21.3 Å². The van der Waals surface area contributed by atoms with E-state index in [0.29, 0.717) is 40.7 Å². The lowest BCUT2D eigenvalue weighted by Crippen LogP contribution is -2.36. The van der Waals surface area contributed by atoms with Gasteiger partial charge in [-0.1, -0.05) is 12.1 Å². The van der Waals surface area contributed by atoms with E-state index in [9.17, 15) is 4.79 Å². The van der Waals surface area contributed by atoms with Crippen molar-refractivity contribution in [1.29, 1.82) is 0 Å². The zero-order valence-corrected chi connectivity index (χ0v) is 23.0. The van der Waals surface area contributed by atoms with Crippen molar-refractivity contribution in [3.8, 4) is 28.5 Å². The number of hydrogen-bond acceptors (Lipinski definition) is 7. The number of benzene rings is 2. The van der Waals surface area contributed by atoms with Crippen molar-refractivity contribution in [2.75, 3.05) is 34.5 Å². The first-order valence-electron chi connectivity index (χ1n) is 12.7. The number of hydrogen-bond donors (Lipinski definition) is 0. The molecule has 0 saturated carbocycles. The molecule has 0 unspecified atom stereocenters. The van der Waals surface area contributed by atoms with Crippen molar-refractivity contribution in [1.82, 2.24) is 9.88 Å². The molecule has 3 heterocycles. The lowest BCUT2D eigenvalue weighted by molar-refractivity contribution is 0.0511. The summed E-state index contributed by atoms with van der Waals surface area (Å²) in [5, 5.41) is 0.817. The molecule has 0 spiro atoms. The normalized spacial score (nSPS) is 15.0. The highest BCUT2D eigenvalue weighted by atomic mass is 32.1. The van der Waals surface area contributed by atoms with Crippen molar-refractivity contribution < 1.29 is 23.7 Å². The molecule has 0 bridgehead atoms. The molecule has 0 radical (unpaired) electrons. The Hall–Kier alpha value is -3.62. The van der Waals surface area contributed by atoms with E-state index in [1.807, 2.05) is 60.4 Å². The van der Waals surface area contributed by atoms with Gasteiger partial charge in [-0.15, -0.1) is 11.3 Å². The van der Waals surface area contributed by atoms with Crippen LogP contribution in [-0.4, -0.2) is 56.4 Å². The van der Waals surface area contributed by atoms with Gasteiger partial charge in [0.05, 0.1) is 38.0 Å². The van der Waals surface area contributed by atoms with Crippen LogP contribution >= 0.6 is 11.3 Å². The smallest absolute Gasteiger partial charge is 0.264 e. The molecular weight excluding hydrogens is 500 g/mol. The number of nitrogens with zero attached hydrogens (tertiary/aromatic N) is 2. The number of carbonyl (C=O) groups excluding carboxylic acids is 1. The van der Waals surface area contributed by atoms with Gasteiger partial charge in [0, 0.05) is 35.5 Å². The quantitative estimate of drug-likeness (QED) is 0.259. The molecule has 1 fully saturated rings. The zero-order chi connectivity index (χ0) is 26.6. The first kappa shape index (κ1) is 26.0. The molecule has 2 aromatic carbocycles. The summed E-state index contributed by atoms with van der Waals surface area (Å²) in [7, 11) is 4.92. The summed E-state index contributed by atoms with van der Waals surface area (Å²) in [5.41, 5.74) is 3.14. The third-order valence-corrected chi connectivity index (χ3v) is 7.82. The second-order valence-corrected chi connectivity index (χ2v) is 10.6. The Morgan fingerprint density at radius 3 is 2.47 bits per heavy atom. The summed E-state index contributed by atoms with van der Waals surface area (Å²) < 4.78 is 23.0. The molecule has 1 aliphatic rings. The van der Waals surface area contributed by atoms with Crippen molar-refractivity contribution in [3.63, 3.8) is 0 Å². The third-order valence-electron chi connectivity index (χ3n) is 6.84. The van der Waals surface area contributed by atoms with Crippen LogP contribution in [0.3, 0.4) is 0 Å². The number of methoxy groups -OCH3 is 3. The lowest BCUT2D eigenvalue weighted by atomic mass is 10.0. The van der Waals surface area contributed by atoms with E-state index < -0.39 is 0 Å². The van der Waals surface area contributed by atoms with E-state index in [0.717, 1.165) is 46.5 Å². The van der Waals surface area contributed by atoms with Gasteiger partial charge in [0.15, 0.2) is 0 Å². The van der Waals surface area contributed by atoms with Crippen LogP contribution in [0.2, 0.25) is 0 Å². The number of amides is 1. The minimum atomic E-state index is -0.0118. The van der Waals surface area contributed by atoms with Crippen LogP contribution < -0.4 is 14.2 Å². The van der Waals surface area contributed by atoms with Crippen molar-refractivity contribution in [3.05, 3.63) is 69.9 Å². The standard InChI is InChI=1S/C30H32N2O5S/c1-19-11-14-27(38-19)30(33)32(18-21-8-7-15-37-21)17-20-16-23-25(35-3)12-13-26(36-4)29(23)31-28(20)22-9-5-6-10-24(22)34-2/h5-6,9-14,16,21H,7-8,15,17-18H2,1-4H3/t21-/m0/s1. The highest BCUT2D eigenvalue weighted by molar-refractivity contribution is 7.13. The fourth-order valence-corrected chi connectivity index (χ4v) is 5.79. The van der Waals surface area contributed by atoms with Gasteiger partial charge in [-0.2, -0.15) is 0 Å². The Morgan fingerprint density at radius 2 is 1.79 bits per heavy atom. The van der Waals surface area contributed by atoms with Gasteiger partial charge in [0.1, 0.15) is 22.8 Å². The summed E-state index contributed by atoms with van der Waals surface area (Å²) in [4.78, 5) is 22.6. The monoisotopic (exact) mass is 532 g/mol. The maximum Gasteiger partial charge on any atom is 0.264 e. The van der Waals surface area contributed by atoms with Crippen LogP contribution in [0.25, 0.3) is 22.2 Å². The Bertz CT molecular complexity index is 1440. The molecule has 198 valence electrons. The summed E-state index contributed by atoms with van der Waals surface area (Å²) in [6.07, 6.45) is 1.96. The zero-order valence-electron chi connectivity index (χ0n) is 22.2. The third kappa shape index (κ3) is 5.19. The Morgan fingerprint density at radius 1 is 1.03 bits per heavy atom. The van der Waals surface area contributed by atoms with Crippen LogP contribution in [-0.2, 0) is 11.3 Å². The summed E-state index contributed by atoms with van der Waals surface area (Å²) >= 11 is 1.51. The van der Waals surface area contributed by atoms with Gasteiger partial charge in [0.2, 0.25) is 0 Å². The number of rotatable bonds is 9. The molecule has 8 heteroatoms. The van der Waals surface area contributed by atoms with Crippen molar-refractivity contribution in [2.24, 2.45) is 0 Å². The van der Waals surface area contributed by atoms with Gasteiger partial charge in [-0.25, -0.2) is 4.98 Å². The fourth-order valence-electron chi connectivity index (χ4n) is 4.95. The van der Waals surface area contributed by atoms with Gasteiger partial charge in [-0.05, 0) is 67.8 Å². The molecule has 38 heavy (non-hydrogen) atoms. The lowest BCUT2D eigenvalue weighted by Gasteiger charge is -2.26. The van der Waals surface area contributed by atoms with E-state index in [2.05, 4.69) is 6.07 Å². The average Bonchev–Trinajstić information content (AvgIpc) is 3.63. The molecule has 5 rings (SSSR count). The van der Waals surface area contributed by atoms with Crippen LogP contribution in [0.15, 0.2) is 54.6 Å². The number of thiophene rings is 1. The van der Waals surface area contributed by atoms with Gasteiger partial charge in [0.25, 0.3) is 5.91 Å². The van der Waals surface area contributed by atoms with Gasteiger partial charge < -0.3 is 23.8 Å². The molecule has 4 aromatic rings. The van der Waals surface area contributed by atoms with Crippen LogP contribution in [0.1, 0.15) is 33.0 Å². The number of pyridine rings is 1. The second-order valence-electron chi connectivity index (χ2n) is 9.29. The molecule has 7 nitrogen and oxygen atoms in total. The number of para-hydroxylation sites is 1. The van der Waals surface area contributed by atoms with Gasteiger partial charge in [-0.3, -0.25) is 4.79 Å². The number of carbonyl (C=O) groups is 1.